The van der Waals surface area contributed by atoms with Crippen LogP contribution in [0.5, 0.6) is 0 Å². The molecule has 1 heterocycles. The summed E-state index contributed by atoms with van der Waals surface area (Å²) in [6.45, 7) is 16.1. The van der Waals surface area contributed by atoms with Crippen LogP contribution in [-0.2, 0) is 0 Å². The fourth-order valence-corrected chi connectivity index (χ4v) is 2.85. The summed E-state index contributed by atoms with van der Waals surface area (Å²) in [5.41, 5.74) is 0.624. The predicted octanol–water partition coefficient (Wildman–Crippen LogP) is 2.25. The van der Waals surface area contributed by atoms with Crippen molar-refractivity contribution in [1.29, 1.82) is 0 Å². The molecule has 0 saturated carbocycles. The normalized spacial score (nSPS) is 28.3. The first-order chi connectivity index (χ1) is 6.27. The van der Waals surface area contributed by atoms with Crippen molar-refractivity contribution in [3.8, 4) is 0 Å². The summed E-state index contributed by atoms with van der Waals surface area (Å²) in [5, 5.41) is 3.56. The van der Waals surface area contributed by atoms with E-state index < -0.39 is 0 Å². The highest BCUT2D eigenvalue weighted by Crippen LogP contribution is 2.34. The van der Waals surface area contributed by atoms with Gasteiger partial charge in [-0.05, 0) is 47.6 Å². The lowest BCUT2D eigenvalue weighted by atomic mass is 9.95. The summed E-state index contributed by atoms with van der Waals surface area (Å²) >= 11 is 0. The molecule has 1 aliphatic heterocycles. The van der Waals surface area contributed by atoms with Crippen molar-refractivity contribution in [1.82, 2.24) is 10.2 Å². The highest BCUT2D eigenvalue weighted by molar-refractivity contribution is 5.00. The maximum Gasteiger partial charge on any atom is 0.0212 e. The van der Waals surface area contributed by atoms with Crippen molar-refractivity contribution in [2.75, 3.05) is 13.1 Å². The van der Waals surface area contributed by atoms with E-state index in [-0.39, 0.29) is 5.54 Å². The summed E-state index contributed by atoms with van der Waals surface area (Å²) in [6.07, 6.45) is 1.26. The molecule has 0 aromatic heterocycles. The number of nitrogens with one attached hydrogen (secondary N) is 1. The van der Waals surface area contributed by atoms with Crippen molar-refractivity contribution in [2.24, 2.45) is 0 Å². The Morgan fingerprint density at radius 3 is 2.29 bits per heavy atom. The second-order valence-electron chi connectivity index (χ2n) is 6.05. The fourth-order valence-electron chi connectivity index (χ4n) is 2.85. The SMILES string of the molecule is CCN[C@H]1CN(C(C)(C)C)C(C)(C)C1. The van der Waals surface area contributed by atoms with Crippen LogP contribution in [0.3, 0.4) is 0 Å². The number of nitrogens with zero attached hydrogens (tertiary/aromatic N) is 1. The zero-order valence-electron chi connectivity index (χ0n) is 10.6. The van der Waals surface area contributed by atoms with Crippen LogP contribution in [-0.4, -0.2) is 35.1 Å². The maximum absolute atomic E-state index is 3.56. The van der Waals surface area contributed by atoms with E-state index >= 15 is 0 Å². The third-order valence-electron chi connectivity index (χ3n) is 3.18. The molecule has 1 rings (SSSR count). The van der Waals surface area contributed by atoms with Crippen LogP contribution < -0.4 is 5.32 Å². The second kappa shape index (κ2) is 3.82. The van der Waals surface area contributed by atoms with Crippen LogP contribution in [0.1, 0.15) is 48.0 Å². The van der Waals surface area contributed by atoms with E-state index in [1.807, 2.05) is 0 Å². The van der Waals surface area contributed by atoms with Crippen molar-refractivity contribution in [2.45, 2.75) is 65.1 Å². The third kappa shape index (κ3) is 2.48. The van der Waals surface area contributed by atoms with Crippen LogP contribution in [0.2, 0.25) is 0 Å². The average Bonchev–Trinajstić information content (AvgIpc) is 2.25. The minimum atomic E-state index is 0.285. The maximum atomic E-state index is 3.56. The van der Waals surface area contributed by atoms with Gasteiger partial charge in [-0.1, -0.05) is 6.92 Å². The molecule has 0 amide bonds. The van der Waals surface area contributed by atoms with Gasteiger partial charge in [0.1, 0.15) is 0 Å². The summed E-state index contributed by atoms with van der Waals surface area (Å²) < 4.78 is 0. The monoisotopic (exact) mass is 198 g/mol. The molecule has 0 aliphatic carbocycles. The smallest absolute Gasteiger partial charge is 0.0212 e. The highest BCUT2D eigenvalue weighted by atomic mass is 15.3. The van der Waals surface area contributed by atoms with Crippen LogP contribution in [0.25, 0.3) is 0 Å². The molecule has 1 aliphatic rings. The van der Waals surface area contributed by atoms with E-state index in [9.17, 15) is 0 Å². The predicted molar refractivity (Wildman–Crippen MR) is 62.6 cm³/mol. The molecule has 0 aromatic rings. The largest absolute Gasteiger partial charge is 0.313 e. The van der Waals surface area contributed by atoms with Crippen molar-refractivity contribution in [3.05, 3.63) is 0 Å². The summed E-state index contributed by atoms with van der Waals surface area (Å²) in [5.74, 6) is 0. The highest BCUT2D eigenvalue weighted by Gasteiger charge is 2.42. The Morgan fingerprint density at radius 1 is 1.36 bits per heavy atom. The zero-order chi connectivity index (χ0) is 11.0. The van der Waals surface area contributed by atoms with Gasteiger partial charge in [-0.3, -0.25) is 4.90 Å². The second-order valence-corrected chi connectivity index (χ2v) is 6.05. The van der Waals surface area contributed by atoms with Gasteiger partial charge < -0.3 is 5.32 Å². The number of hydrogen-bond acceptors (Lipinski definition) is 2. The molecule has 0 spiro atoms. The molecule has 1 fully saturated rings. The van der Waals surface area contributed by atoms with E-state index in [0.717, 1.165) is 6.54 Å². The first kappa shape index (κ1) is 12.0. The molecule has 0 radical (unpaired) electrons. The van der Waals surface area contributed by atoms with E-state index in [4.69, 9.17) is 0 Å². The average molecular weight is 198 g/mol. The number of likely N-dealkylation sites (N-methyl/N-ethyl adjacent to an activating group) is 1. The molecule has 84 valence electrons. The van der Waals surface area contributed by atoms with Gasteiger partial charge in [-0.25, -0.2) is 0 Å². The summed E-state index contributed by atoms with van der Waals surface area (Å²) in [6, 6.07) is 0.675. The quantitative estimate of drug-likeness (QED) is 0.732. The Morgan fingerprint density at radius 2 is 1.93 bits per heavy atom. The lowest BCUT2D eigenvalue weighted by Crippen LogP contribution is -2.50. The summed E-state index contributed by atoms with van der Waals surface area (Å²) in [4.78, 5) is 2.62. The molecule has 1 atom stereocenters. The molecular formula is C12H26N2. The first-order valence-corrected chi connectivity index (χ1v) is 5.78. The molecule has 0 bridgehead atoms. The lowest BCUT2D eigenvalue weighted by molar-refractivity contribution is 0.0675. The molecule has 1 N–H and O–H groups in total. The summed E-state index contributed by atoms with van der Waals surface area (Å²) in [7, 11) is 0. The number of likely N-dealkylation sites (tertiary alicyclic amines) is 1. The van der Waals surface area contributed by atoms with Gasteiger partial charge >= 0.3 is 0 Å². The Labute approximate surface area is 89.1 Å². The van der Waals surface area contributed by atoms with E-state index in [2.05, 4.69) is 51.8 Å². The van der Waals surface area contributed by atoms with Crippen molar-refractivity contribution >= 4 is 0 Å². The number of hydrogen-bond donors (Lipinski definition) is 1. The lowest BCUT2D eigenvalue weighted by Gasteiger charge is -2.42. The van der Waals surface area contributed by atoms with Gasteiger partial charge in [0.15, 0.2) is 0 Å². The van der Waals surface area contributed by atoms with Crippen LogP contribution in [0.15, 0.2) is 0 Å². The standard InChI is InChI=1S/C12H26N2/c1-7-13-10-8-12(5,6)14(9-10)11(2,3)4/h10,13H,7-9H2,1-6H3/t10-/m1/s1. The molecular weight excluding hydrogens is 172 g/mol. The molecule has 1 saturated heterocycles. The van der Waals surface area contributed by atoms with Gasteiger partial charge in [0.2, 0.25) is 0 Å². The molecule has 0 unspecified atom stereocenters. The molecule has 14 heavy (non-hydrogen) atoms. The third-order valence-corrected chi connectivity index (χ3v) is 3.18. The van der Waals surface area contributed by atoms with Gasteiger partial charge in [0.25, 0.3) is 0 Å². The van der Waals surface area contributed by atoms with Crippen LogP contribution in [0.4, 0.5) is 0 Å². The number of rotatable bonds is 2. The van der Waals surface area contributed by atoms with Gasteiger partial charge in [-0.15, -0.1) is 0 Å². The van der Waals surface area contributed by atoms with Gasteiger partial charge in [0.05, 0.1) is 0 Å². The Bertz CT molecular complexity index is 191. The first-order valence-electron chi connectivity index (χ1n) is 5.78. The Hall–Kier alpha value is -0.0800. The van der Waals surface area contributed by atoms with Crippen molar-refractivity contribution < 1.29 is 0 Å². The van der Waals surface area contributed by atoms with E-state index in [1.54, 1.807) is 0 Å². The molecule has 2 nitrogen and oxygen atoms in total. The Kier molecular flexibility index (Phi) is 3.27. The fraction of sp³-hybridized carbons (Fsp3) is 1.00. The minimum absolute atomic E-state index is 0.285. The van der Waals surface area contributed by atoms with Gasteiger partial charge in [0, 0.05) is 23.7 Å². The Balaban J connectivity index is 2.69. The minimum Gasteiger partial charge on any atom is -0.313 e. The van der Waals surface area contributed by atoms with Gasteiger partial charge in [-0.2, -0.15) is 0 Å². The van der Waals surface area contributed by atoms with Crippen LogP contribution in [0, 0.1) is 0 Å². The van der Waals surface area contributed by atoms with E-state index in [1.165, 1.54) is 13.0 Å². The molecule has 0 aromatic carbocycles. The topological polar surface area (TPSA) is 15.3 Å². The molecule has 2 heteroatoms. The van der Waals surface area contributed by atoms with Crippen molar-refractivity contribution in [3.63, 3.8) is 0 Å². The zero-order valence-corrected chi connectivity index (χ0v) is 10.6. The van der Waals surface area contributed by atoms with Crippen LogP contribution >= 0.6 is 0 Å². The van der Waals surface area contributed by atoms with E-state index in [0.29, 0.717) is 11.6 Å².